The lowest BCUT2D eigenvalue weighted by Crippen LogP contribution is -1.95. The summed E-state index contributed by atoms with van der Waals surface area (Å²) < 4.78 is 10.2. The third kappa shape index (κ3) is 2.77. The van der Waals surface area contributed by atoms with Crippen molar-refractivity contribution in [1.82, 2.24) is 15.1 Å². The molecule has 2 N–H and O–H groups in total. The normalized spacial score (nSPS) is 10.8. The number of nitrogens with zero attached hydrogens (tertiary/aromatic N) is 3. The van der Waals surface area contributed by atoms with Crippen LogP contribution in [0.4, 0.5) is 5.13 Å². The van der Waals surface area contributed by atoms with Crippen molar-refractivity contribution in [2.75, 3.05) is 12.3 Å². The first-order valence-corrected chi connectivity index (χ1v) is 5.75. The van der Waals surface area contributed by atoms with Gasteiger partial charge in [-0.25, -0.2) is 4.98 Å². The van der Waals surface area contributed by atoms with Crippen LogP contribution in [-0.4, -0.2) is 21.7 Å². The van der Waals surface area contributed by atoms with E-state index in [9.17, 15) is 0 Å². The standard InChI is InChI=1S/C9H12N4O2S/c1-2-14-4-7-12-8(15-13-7)3-6-5-16-9(10)11-6/h5H,2-4H2,1H3,(H2,10,11). The minimum atomic E-state index is 0.374. The second-order valence-corrected chi connectivity index (χ2v) is 3.99. The number of ether oxygens (including phenoxy) is 1. The van der Waals surface area contributed by atoms with Gasteiger partial charge in [0.25, 0.3) is 0 Å². The fourth-order valence-electron chi connectivity index (χ4n) is 1.17. The van der Waals surface area contributed by atoms with E-state index in [-0.39, 0.29) is 0 Å². The Bertz CT molecular complexity index is 454. The number of hydrogen-bond acceptors (Lipinski definition) is 7. The van der Waals surface area contributed by atoms with E-state index >= 15 is 0 Å². The van der Waals surface area contributed by atoms with Gasteiger partial charge in [-0.1, -0.05) is 5.16 Å². The average Bonchev–Trinajstić information content (AvgIpc) is 2.86. The maximum Gasteiger partial charge on any atom is 0.232 e. The predicted octanol–water partition coefficient (Wildman–Crippen LogP) is 1.24. The molecule has 0 amide bonds. The summed E-state index contributed by atoms with van der Waals surface area (Å²) >= 11 is 1.40. The fourth-order valence-corrected chi connectivity index (χ4v) is 1.74. The van der Waals surface area contributed by atoms with Gasteiger partial charge in [0.2, 0.25) is 5.89 Å². The average molecular weight is 240 g/mol. The van der Waals surface area contributed by atoms with E-state index in [1.165, 1.54) is 11.3 Å². The highest BCUT2D eigenvalue weighted by atomic mass is 32.1. The Hall–Kier alpha value is -1.47. The zero-order chi connectivity index (χ0) is 11.4. The van der Waals surface area contributed by atoms with Gasteiger partial charge >= 0.3 is 0 Å². The molecular formula is C9H12N4O2S. The van der Waals surface area contributed by atoms with Crippen LogP contribution < -0.4 is 5.73 Å². The minimum Gasteiger partial charge on any atom is -0.375 e. The van der Waals surface area contributed by atoms with Crippen molar-refractivity contribution in [2.45, 2.75) is 20.0 Å². The molecule has 0 aliphatic carbocycles. The van der Waals surface area contributed by atoms with Crippen molar-refractivity contribution >= 4 is 16.5 Å². The van der Waals surface area contributed by atoms with E-state index in [4.69, 9.17) is 15.0 Å². The summed E-state index contributed by atoms with van der Waals surface area (Å²) in [5.74, 6) is 1.08. The fraction of sp³-hybridized carbons (Fsp3) is 0.444. The molecule has 16 heavy (non-hydrogen) atoms. The van der Waals surface area contributed by atoms with Gasteiger partial charge in [-0.2, -0.15) is 4.98 Å². The molecule has 0 aromatic carbocycles. The van der Waals surface area contributed by atoms with Crippen molar-refractivity contribution in [3.05, 3.63) is 22.8 Å². The number of rotatable bonds is 5. The van der Waals surface area contributed by atoms with Gasteiger partial charge in [0, 0.05) is 12.0 Å². The van der Waals surface area contributed by atoms with Crippen LogP contribution in [0.2, 0.25) is 0 Å². The van der Waals surface area contributed by atoms with Gasteiger partial charge in [-0.15, -0.1) is 11.3 Å². The second kappa shape index (κ2) is 5.04. The molecule has 7 heteroatoms. The van der Waals surface area contributed by atoms with Gasteiger partial charge in [-0.05, 0) is 6.92 Å². The molecule has 2 aromatic heterocycles. The highest BCUT2D eigenvalue weighted by molar-refractivity contribution is 7.13. The Morgan fingerprint density at radius 1 is 1.50 bits per heavy atom. The summed E-state index contributed by atoms with van der Waals surface area (Å²) in [6.45, 7) is 2.92. The molecule has 0 aliphatic rings. The van der Waals surface area contributed by atoms with Gasteiger partial charge in [-0.3, -0.25) is 0 Å². The zero-order valence-corrected chi connectivity index (χ0v) is 9.66. The van der Waals surface area contributed by atoms with Crippen molar-refractivity contribution in [1.29, 1.82) is 0 Å². The van der Waals surface area contributed by atoms with Crippen LogP contribution in [0.3, 0.4) is 0 Å². The summed E-state index contributed by atoms with van der Waals surface area (Å²) in [6, 6.07) is 0. The summed E-state index contributed by atoms with van der Waals surface area (Å²) in [7, 11) is 0. The van der Waals surface area contributed by atoms with E-state index in [0.717, 1.165) is 5.69 Å². The molecule has 6 nitrogen and oxygen atoms in total. The summed E-state index contributed by atoms with van der Waals surface area (Å²) in [5, 5.41) is 6.21. The molecule has 0 spiro atoms. The molecule has 2 heterocycles. The predicted molar refractivity (Wildman–Crippen MR) is 59.0 cm³/mol. The Labute approximate surface area is 96.4 Å². The lowest BCUT2D eigenvalue weighted by atomic mass is 10.3. The Morgan fingerprint density at radius 3 is 3.06 bits per heavy atom. The van der Waals surface area contributed by atoms with E-state index in [1.807, 2.05) is 12.3 Å². The van der Waals surface area contributed by atoms with E-state index in [0.29, 0.717) is 36.5 Å². The van der Waals surface area contributed by atoms with Gasteiger partial charge < -0.3 is 15.0 Å². The number of hydrogen-bond donors (Lipinski definition) is 1. The number of anilines is 1. The first-order valence-electron chi connectivity index (χ1n) is 4.87. The lowest BCUT2D eigenvalue weighted by molar-refractivity contribution is 0.126. The summed E-state index contributed by atoms with van der Waals surface area (Å²) in [4.78, 5) is 8.29. The SMILES string of the molecule is CCOCc1noc(Cc2csc(N)n2)n1. The number of thiazole rings is 1. The molecule has 2 rings (SSSR count). The molecule has 0 fully saturated rings. The number of nitrogens with two attached hydrogens (primary N) is 1. The van der Waals surface area contributed by atoms with E-state index in [2.05, 4.69) is 15.1 Å². The van der Waals surface area contributed by atoms with E-state index in [1.54, 1.807) is 0 Å². The Balaban J connectivity index is 1.97. The topological polar surface area (TPSA) is 87.1 Å². The van der Waals surface area contributed by atoms with Crippen LogP contribution in [0.25, 0.3) is 0 Å². The molecule has 0 radical (unpaired) electrons. The molecule has 86 valence electrons. The van der Waals surface area contributed by atoms with Crippen LogP contribution in [-0.2, 0) is 17.8 Å². The second-order valence-electron chi connectivity index (χ2n) is 3.10. The third-order valence-corrected chi connectivity index (χ3v) is 2.57. The summed E-state index contributed by atoms with van der Waals surface area (Å²) in [5.41, 5.74) is 6.37. The van der Waals surface area contributed by atoms with Crippen LogP contribution in [0.5, 0.6) is 0 Å². The van der Waals surface area contributed by atoms with Gasteiger partial charge in [0.05, 0.1) is 12.1 Å². The van der Waals surface area contributed by atoms with Gasteiger partial charge in [0.1, 0.15) is 6.61 Å². The molecule has 0 aliphatic heterocycles. The first-order chi connectivity index (χ1) is 7.78. The van der Waals surface area contributed by atoms with Crippen LogP contribution >= 0.6 is 11.3 Å². The maximum absolute atomic E-state index is 5.52. The quantitative estimate of drug-likeness (QED) is 0.845. The van der Waals surface area contributed by atoms with Crippen molar-refractivity contribution in [3.63, 3.8) is 0 Å². The molecular weight excluding hydrogens is 228 g/mol. The molecule has 0 atom stereocenters. The molecule has 0 unspecified atom stereocenters. The molecule has 0 bridgehead atoms. The smallest absolute Gasteiger partial charge is 0.232 e. The Kier molecular flexibility index (Phi) is 3.47. The maximum atomic E-state index is 5.52. The largest absolute Gasteiger partial charge is 0.375 e. The molecule has 0 saturated carbocycles. The monoisotopic (exact) mass is 240 g/mol. The summed E-state index contributed by atoms with van der Waals surface area (Å²) in [6.07, 6.45) is 0.507. The third-order valence-electron chi connectivity index (χ3n) is 1.85. The van der Waals surface area contributed by atoms with Crippen LogP contribution in [0, 0.1) is 0 Å². The van der Waals surface area contributed by atoms with Gasteiger partial charge in [0.15, 0.2) is 11.0 Å². The molecule has 2 aromatic rings. The van der Waals surface area contributed by atoms with Crippen molar-refractivity contribution < 1.29 is 9.26 Å². The molecule has 0 saturated heterocycles. The highest BCUT2D eigenvalue weighted by Gasteiger charge is 2.08. The number of aromatic nitrogens is 3. The Morgan fingerprint density at radius 2 is 2.38 bits per heavy atom. The lowest BCUT2D eigenvalue weighted by Gasteiger charge is -1.92. The van der Waals surface area contributed by atoms with Crippen LogP contribution in [0.1, 0.15) is 24.3 Å². The van der Waals surface area contributed by atoms with Crippen LogP contribution in [0.15, 0.2) is 9.90 Å². The first kappa shape index (κ1) is 11.0. The minimum absolute atomic E-state index is 0.374. The zero-order valence-electron chi connectivity index (χ0n) is 8.84. The van der Waals surface area contributed by atoms with Crippen molar-refractivity contribution in [3.8, 4) is 0 Å². The highest BCUT2D eigenvalue weighted by Crippen LogP contribution is 2.14. The van der Waals surface area contributed by atoms with E-state index < -0.39 is 0 Å². The number of nitrogen functional groups attached to an aromatic ring is 1. The van der Waals surface area contributed by atoms with Crippen molar-refractivity contribution in [2.24, 2.45) is 0 Å².